The third kappa shape index (κ3) is 77.4. The second-order valence-corrected chi connectivity index (χ2v) is 28.4. The summed E-state index contributed by atoms with van der Waals surface area (Å²) in [5.41, 5.74) is 0. The summed E-state index contributed by atoms with van der Waals surface area (Å²) in [6, 6.07) is 0. The third-order valence-corrected chi connectivity index (χ3v) is 17.9. The summed E-state index contributed by atoms with van der Waals surface area (Å²) in [4.78, 5) is 37.7. The molecule has 0 radical (unpaired) electrons. The lowest BCUT2D eigenvalue weighted by Crippen LogP contribution is -2.40. The van der Waals surface area contributed by atoms with E-state index >= 15 is 0 Å². The lowest BCUT2D eigenvalue weighted by Gasteiger charge is -2.25. The van der Waals surface area contributed by atoms with Crippen LogP contribution < -0.4 is 0 Å². The molecule has 2 unspecified atom stereocenters. The molecule has 0 aliphatic rings. The Morgan fingerprint density at radius 3 is 0.895 bits per heavy atom. The second kappa shape index (κ2) is 76.0. The van der Waals surface area contributed by atoms with Gasteiger partial charge in [0, 0.05) is 12.8 Å². The molecule has 0 amide bonds. The molecular weight excluding hydrogens is 1170 g/mol. The van der Waals surface area contributed by atoms with Gasteiger partial charge >= 0.3 is 17.9 Å². The minimum atomic E-state index is -1.51. The van der Waals surface area contributed by atoms with Gasteiger partial charge in [-0.1, -0.05) is 381 Å². The minimum absolute atomic E-state index is 0.179. The number of esters is 2. The van der Waals surface area contributed by atoms with Gasteiger partial charge < -0.3 is 28.5 Å². The highest BCUT2D eigenvalue weighted by atomic mass is 16.7. The molecular formula is C86H154NO8+. The van der Waals surface area contributed by atoms with E-state index in [0.29, 0.717) is 17.4 Å². The van der Waals surface area contributed by atoms with Crippen molar-refractivity contribution < 1.29 is 42.9 Å². The number of ether oxygens (including phenoxy) is 4. The summed E-state index contributed by atoms with van der Waals surface area (Å²) in [6.45, 7) is 4.82. The number of quaternary nitrogens is 1. The highest BCUT2D eigenvalue weighted by molar-refractivity contribution is 5.71. The van der Waals surface area contributed by atoms with Gasteiger partial charge in [-0.3, -0.25) is 9.59 Å². The summed E-state index contributed by atoms with van der Waals surface area (Å²) in [6.07, 6.45) is 103. The Morgan fingerprint density at radius 2 is 0.600 bits per heavy atom. The summed E-state index contributed by atoms with van der Waals surface area (Å²) < 4.78 is 23.1. The number of allylic oxidation sites excluding steroid dienone is 16. The van der Waals surface area contributed by atoms with Gasteiger partial charge in [-0.2, -0.15) is 0 Å². The van der Waals surface area contributed by atoms with E-state index in [1.54, 1.807) is 0 Å². The van der Waals surface area contributed by atoms with Crippen molar-refractivity contribution in [1.29, 1.82) is 0 Å². The van der Waals surface area contributed by atoms with Crippen molar-refractivity contribution in [3.05, 3.63) is 97.2 Å². The van der Waals surface area contributed by atoms with Gasteiger partial charge in [0.1, 0.15) is 13.2 Å². The molecule has 550 valence electrons. The number of carbonyl (C=O) groups excluding carboxylic acids is 2. The molecule has 0 rings (SSSR count). The number of hydrogen-bond acceptors (Lipinski definition) is 7. The average Bonchev–Trinajstić information content (AvgIpc) is 3.54. The van der Waals surface area contributed by atoms with Crippen LogP contribution >= 0.6 is 0 Å². The van der Waals surface area contributed by atoms with Gasteiger partial charge in [0.15, 0.2) is 6.10 Å². The molecule has 0 bridgehead atoms. The molecule has 1 N–H and O–H groups in total. The molecule has 0 aromatic carbocycles. The molecule has 0 aromatic heterocycles. The van der Waals surface area contributed by atoms with Gasteiger partial charge in [-0.05, 0) is 77.0 Å². The Labute approximate surface area is 588 Å². The first-order chi connectivity index (χ1) is 46.6. The van der Waals surface area contributed by atoms with Gasteiger partial charge in [0.05, 0.1) is 34.4 Å². The maximum atomic E-state index is 13.0. The molecule has 0 spiro atoms. The number of unbranched alkanes of at least 4 members (excludes halogenated alkanes) is 44. The fourth-order valence-electron chi connectivity index (χ4n) is 11.7. The van der Waals surface area contributed by atoms with Crippen LogP contribution in [0, 0.1) is 0 Å². The molecule has 95 heavy (non-hydrogen) atoms. The fourth-order valence-corrected chi connectivity index (χ4v) is 11.7. The van der Waals surface area contributed by atoms with E-state index in [9.17, 15) is 19.5 Å². The van der Waals surface area contributed by atoms with Crippen LogP contribution in [-0.2, 0) is 33.3 Å². The number of likely N-dealkylation sites (N-methyl/N-ethyl adjacent to an activating group) is 1. The second-order valence-electron chi connectivity index (χ2n) is 28.4. The monoisotopic (exact) mass is 1330 g/mol. The van der Waals surface area contributed by atoms with Crippen molar-refractivity contribution in [3.8, 4) is 0 Å². The van der Waals surface area contributed by atoms with Crippen LogP contribution in [0.5, 0.6) is 0 Å². The van der Waals surface area contributed by atoms with Gasteiger partial charge in [0.2, 0.25) is 0 Å². The Morgan fingerprint density at radius 1 is 0.326 bits per heavy atom. The van der Waals surface area contributed by atoms with Crippen molar-refractivity contribution in [2.24, 2.45) is 0 Å². The summed E-state index contributed by atoms with van der Waals surface area (Å²) in [5.74, 6) is -1.98. The van der Waals surface area contributed by atoms with Crippen LogP contribution in [-0.4, -0.2) is 87.4 Å². The zero-order valence-corrected chi connectivity index (χ0v) is 63.1. The average molecular weight is 1330 g/mol. The maximum absolute atomic E-state index is 13.0. The predicted octanol–water partition coefficient (Wildman–Crippen LogP) is 25.9. The van der Waals surface area contributed by atoms with E-state index in [0.717, 1.165) is 89.9 Å². The number of carbonyl (C=O) groups is 3. The van der Waals surface area contributed by atoms with E-state index in [4.69, 9.17) is 18.9 Å². The predicted molar refractivity (Wildman–Crippen MR) is 410 cm³/mol. The highest BCUT2D eigenvalue weighted by Crippen LogP contribution is 2.19. The quantitative estimate of drug-likeness (QED) is 0.0211. The van der Waals surface area contributed by atoms with E-state index in [2.05, 4.69) is 111 Å². The Bertz CT molecular complexity index is 1890. The molecule has 0 heterocycles. The number of carboxylic acid groups (broad SMARTS) is 1. The van der Waals surface area contributed by atoms with E-state index in [1.807, 2.05) is 21.1 Å². The molecule has 0 saturated heterocycles. The van der Waals surface area contributed by atoms with E-state index in [-0.39, 0.29) is 38.2 Å². The molecule has 9 nitrogen and oxygen atoms in total. The molecule has 2 atom stereocenters. The lowest BCUT2D eigenvalue weighted by atomic mass is 10.0. The van der Waals surface area contributed by atoms with Crippen LogP contribution in [0.15, 0.2) is 97.2 Å². The number of aliphatic carboxylic acids is 1. The van der Waals surface area contributed by atoms with Crippen molar-refractivity contribution in [2.75, 3.05) is 47.5 Å². The smallest absolute Gasteiger partial charge is 0.361 e. The van der Waals surface area contributed by atoms with Gasteiger partial charge in [-0.15, -0.1) is 0 Å². The van der Waals surface area contributed by atoms with Crippen LogP contribution in [0.25, 0.3) is 0 Å². The first-order valence-corrected chi connectivity index (χ1v) is 40.4. The summed E-state index contributed by atoms with van der Waals surface area (Å²) >= 11 is 0. The van der Waals surface area contributed by atoms with Crippen molar-refractivity contribution in [3.63, 3.8) is 0 Å². The molecule has 0 fully saturated rings. The van der Waals surface area contributed by atoms with E-state index in [1.165, 1.54) is 257 Å². The third-order valence-electron chi connectivity index (χ3n) is 17.9. The standard InChI is InChI=1S/C86H153NO8/c1-6-8-10-12-14-16-18-20-22-24-26-28-30-32-34-36-37-38-39-40-41-42-43-44-45-46-47-49-51-53-55-57-59-61-63-65-67-69-71-73-75-77-84(89)95-82(81-94-86(85(90)91)92-79-78-87(3,4)5)80-93-83(88)76-74-72-70-68-66-64-62-60-58-56-54-52-50-48-35-33-31-29-27-25-23-21-19-17-15-13-11-9-7-2/h8,10,14,16,20,22,26,28,32,34,37-38,40-41,43-44,82,86H,6-7,9,11-13,15,17-19,21,23-25,27,29-31,33,35-36,39,42,45-81H2,1-5H3/p+1/b10-8-,16-14-,22-20-,28-26-,34-32-,38-37-,41-40-,44-43-. The van der Waals surface area contributed by atoms with Crippen LogP contribution in [0.1, 0.15) is 373 Å². The lowest BCUT2D eigenvalue weighted by molar-refractivity contribution is -0.870. The molecule has 0 saturated carbocycles. The largest absolute Gasteiger partial charge is 0.477 e. The van der Waals surface area contributed by atoms with Crippen molar-refractivity contribution in [2.45, 2.75) is 386 Å². The van der Waals surface area contributed by atoms with Crippen LogP contribution in [0.4, 0.5) is 0 Å². The van der Waals surface area contributed by atoms with Gasteiger partial charge in [-0.25, -0.2) is 4.79 Å². The van der Waals surface area contributed by atoms with Crippen molar-refractivity contribution in [1.82, 2.24) is 0 Å². The maximum Gasteiger partial charge on any atom is 0.361 e. The fraction of sp³-hybridized carbons (Fsp3) is 0.779. The number of hydrogen-bond donors (Lipinski definition) is 1. The first kappa shape index (κ1) is 91.2. The summed E-state index contributed by atoms with van der Waals surface area (Å²) in [5, 5.41) is 9.77. The van der Waals surface area contributed by atoms with Gasteiger partial charge in [0.25, 0.3) is 6.29 Å². The number of nitrogens with zero attached hydrogens (tertiary/aromatic N) is 1. The van der Waals surface area contributed by atoms with Crippen LogP contribution in [0.2, 0.25) is 0 Å². The topological polar surface area (TPSA) is 108 Å². The Kier molecular flexibility index (Phi) is 72.9. The van der Waals surface area contributed by atoms with Crippen LogP contribution in [0.3, 0.4) is 0 Å². The Hall–Kier alpha value is -3.79. The molecule has 9 heteroatoms. The molecule has 0 aliphatic heterocycles. The number of rotatable bonds is 75. The van der Waals surface area contributed by atoms with Crippen molar-refractivity contribution >= 4 is 17.9 Å². The highest BCUT2D eigenvalue weighted by Gasteiger charge is 2.25. The summed E-state index contributed by atoms with van der Waals surface area (Å²) in [7, 11) is 5.99. The molecule has 0 aliphatic carbocycles. The number of carboxylic acids is 1. The Balaban J connectivity index is 4.01. The molecule has 0 aromatic rings. The SMILES string of the molecule is CC/C=C\C/C=C\C/C=C\C/C=C\C/C=C\C/C=C\C/C=C\C/C=C\CCCCCCCCCCCCCCCCCCC(=O)OC(COC(=O)CCCCCCCCCCCCCCCCCCCCCCCCCCCCCCC)COC(OCC[N+](C)(C)C)C(=O)O. The zero-order chi connectivity index (χ0) is 69.0. The van der Waals surface area contributed by atoms with E-state index < -0.39 is 18.4 Å². The minimum Gasteiger partial charge on any atom is -0.477 e. The normalized spacial score (nSPS) is 13.1. The first-order valence-electron chi connectivity index (χ1n) is 40.4. The zero-order valence-electron chi connectivity index (χ0n) is 63.1.